The van der Waals surface area contributed by atoms with Crippen molar-refractivity contribution >= 4 is 17.5 Å². The molecule has 3 aromatic heterocycles. The number of carbonyl (C=O) groups excluding carboxylic acids is 2. The zero-order valence-electron chi connectivity index (χ0n) is 18.8. The van der Waals surface area contributed by atoms with Gasteiger partial charge in [-0.1, -0.05) is 20.8 Å². The van der Waals surface area contributed by atoms with Crippen LogP contribution in [0.2, 0.25) is 0 Å². The molecule has 3 aromatic rings. The lowest BCUT2D eigenvalue weighted by Gasteiger charge is -2.21. The molecule has 3 heterocycles. The highest BCUT2D eigenvalue weighted by Gasteiger charge is 2.31. The summed E-state index contributed by atoms with van der Waals surface area (Å²) in [4.78, 5) is 40.0. The smallest absolute Gasteiger partial charge is 0.270 e. The van der Waals surface area contributed by atoms with Crippen LogP contribution < -0.4 is 10.9 Å². The highest BCUT2D eigenvalue weighted by atomic mass is 16.3. The van der Waals surface area contributed by atoms with Gasteiger partial charge in [-0.15, -0.1) is 0 Å². The Morgan fingerprint density at radius 3 is 2.59 bits per heavy atom. The highest BCUT2D eigenvalue weighted by molar-refractivity contribution is 5.99. The van der Waals surface area contributed by atoms with E-state index in [0.717, 1.165) is 17.4 Å². The van der Waals surface area contributed by atoms with Gasteiger partial charge in [0.05, 0.1) is 17.5 Å². The minimum Gasteiger partial charge on any atom is -0.492 e. The first-order valence-electron chi connectivity index (χ1n) is 10.4. The van der Waals surface area contributed by atoms with Crippen LogP contribution in [0.25, 0.3) is 17.0 Å². The number of aromatic amines is 1. The van der Waals surface area contributed by atoms with Gasteiger partial charge >= 0.3 is 0 Å². The Bertz CT molecular complexity index is 1270. The van der Waals surface area contributed by atoms with Gasteiger partial charge < -0.3 is 15.3 Å². The van der Waals surface area contributed by atoms with Crippen LogP contribution in [0.1, 0.15) is 54.3 Å². The topological polar surface area (TPSA) is 138 Å². The van der Waals surface area contributed by atoms with Crippen molar-refractivity contribution in [3.8, 4) is 17.3 Å². The fourth-order valence-corrected chi connectivity index (χ4v) is 3.48. The molecule has 0 aromatic carbocycles. The van der Waals surface area contributed by atoms with Crippen LogP contribution in [0.3, 0.4) is 0 Å². The van der Waals surface area contributed by atoms with Crippen LogP contribution in [0.15, 0.2) is 17.1 Å². The summed E-state index contributed by atoms with van der Waals surface area (Å²) in [7, 11) is 3.25. The van der Waals surface area contributed by atoms with Crippen molar-refractivity contribution in [1.29, 1.82) is 0 Å². The Kier molecular flexibility index (Phi) is 5.06. The molecule has 11 nitrogen and oxygen atoms in total. The van der Waals surface area contributed by atoms with Gasteiger partial charge in [0, 0.05) is 32.7 Å². The Morgan fingerprint density at radius 2 is 2.00 bits per heavy atom. The summed E-state index contributed by atoms with van der Waals surface area (Å²) in [6.07, 6.45) is 3.09. The summed E-state index contributed by atoms with van der Waals surface area (Å²) < 4.78 is 2.59. The van der Waals surface area contributed by atoms with Gasteiger partial charge in [-0.05, 0) is 18.3 Å². The average molecular weight is 441 g/mol. The number of aromatic nitrogens is 5. The van der Waals surface area contributed by atoms with Crippen molar-refractivity contribution < 1.29 is 14.7 Å². The van der Waals surface area contributed by atoms with E-state index in [9.17, 15) is 19.5 Å². The third-order valence-electron chi connectivity index (χ3n) is 5.15. The SMILES string of the molecule is CN(C)C(=O)c1cn[nH]c1-c1cc2n(CC(C)(C)C)c(=O)c(C(=O)NC3CC3)c(O)n2n1. The lowest BCUT2D eigenvalue weighted by molar-refractivity contribution is 0.0828. The average Bonchev–Trinajstić information content (AvgIpc) is 3.20. The molecule has 3 N–H and O–H groups in total. The summed E-state index contributed by atoms with van der Waals surface area (Å²) in [6, 6.07) is 1.61. The fraction of sp³-hybridized carbons (Fsp3) is 0.476. The zero-order valence-corrected chi connectivity index (χ0v) is 18.8. The van der Waals surface area contributed by atoms with Gasteiger partial charge in [0.1, 0.15) is 11.3 Å². The minimum atomic E-state index is -0.623. The van der Waals surface area contributed by atoms with Gasteiger partial charge in [-0.2, -0.15) is 14.7 Å². The molecule has 2 amide bonds. The molecule has 0 radical (unpaired) electrons. The molecule has 1 saturated carbocycles. The Balaban J connectivity index is 1.93. The van der Waals surface area contributed by atoms with Crippen LogP contribution in [0, 0.1) is 5.41 Å². The summed E-state index contributed by atoms with van der Waals surface area (Å²) >= 11 is 0. The van der Waals surface area contributed by atoms with E-state index in [2.05, 4.69) is 20.6 Å². The van der Waals surface area contributed by atoms with Crippen LogP contribution in [-0.4, -0.2) is 66.3 Å². The number of hydrogen-bond acceptors (Lipinski definition) is 6. The number of fused-ring (bicyclic) bond motifs is 1. The Labute approximate surface area is 184 Å². The van der Waals surface area contributed by atoms with Crippen molar-refractivity contribution in [2.75, 3.05) is 14.1 Å². The second-order valence-corrected chi connectivity index (χ2v) is 9.56. The largest absolute Gasteiger partial charge is 0.492 e. The van der Waals surface area contributed by atoms with E-state index in [1.165, 1.54) is 15.7 Å². The molecule has 0 bridgehead atoms. The maximum absolute atomic E-state index is 13.3. The first-order valence-corrected chi connectivity index (χ1v) is 10.4. The van der Waals surface area contributed by atoms with E-state index >= 15 is 0 Å². The van der Waals surface area contributed by atoms with Gasteiger partial charge in [0.25, 0.3) is 17.4 Å². The molecule has 0 atom stereocenters. The van der Waals surface area contributed by atoms with Crippen molar-refractivity contribution in [3.05, 3.63) is 33.7 Å². The molecule has 1 aliphatic carbocycles. The van der Waals surface area contributed by atoms with Gasteiger partial charge in [-0.25, -0.2) is 0 Å². The van der Waals surface area contributed by atoms with Crippen LogP contribution in [0.5, 0.6) is 5.88 Å². The van der Waals surface area contributed by atoms with Crippen LogP contribution >= 0.6 is 0 Å². The summed E-state index contributed by atoms with van der Waals surface area (Å²) in [5.41, 5.74) is 0.0276. The third kappa shape index (κ3) is 3.85. The fourth-order valence-electron chi connectivity index (χ4n) is 3.48. The molecular weight excluding hydrogens is 414 g/mol. The summed E-state index contributed by atoms with van der Waals surface area (Å²) in [5.74, 6) is -1.44. The second kappa shape index (κ2) is 7.50. The van der Waals surface area contributed by atoms with E-state index in [4.69, 9.17) is 0 Å². The summed E-state index contributed by atoms with van der Waals surface area (Å²) in [6.45, 7) is 6.18. The number of aromatic hydroxyl groups is 1. The highest BCUT2D eigenvalue weighted by Crippen LogP contribution is 2.27. The van der Waals surface area contributed by atoms with Gasteiger partial charge in [0.2, 0.25) is 5.88 Å². The second-order valence-electron chi connectivity index (χ2n) is 9.56. The van der Waals surface area contributed by atoms with Gasteiger partial charge in [-0.3, -0.25) is 24.0 Å². The van der Waals surface area contributed by atoms with Crippen molar-refractivity contribution in [1.82, 2.24) is 34.6 Å². The quantitative estimate of drug-likeness (QED) is 0.545. The zero-order chi connectivity index (χ0) is 23.4. The molecule has 4 rings (SSSR count). The number of nitrogens with one attached hydrogen (secondary N) is 2. The summed E-state index contributed by atoms with van der Waals surface area (Å²) in [5, 5.41) is 24.8. The molecule has 1 fully saturated rings. The molecule has 0 unspecified atom stereocenters. The van der Waals surface area contributed by atoms with Crippen molar-refractivity contribution in [2.24, 2.45) is 5.41 Å². The molecule has 1 aliphatic rings. The minimum absolute atomic E-state index is 0.0193. The van der Waals surface area contributed by atoms with Crippen LogP contribution in [-0.2, 0) is 6.54 Å². The molecule has 170 valence electrons. The normalized spacial score (nSPS) is 14.0. The predicted octanol–water partition coefficient (Wildman–Crippen LogP) is 1.23. The molecule has 0 aliphatic heterocycles. The predicted molar refractivity (Wildman–Crippen MR) is 117 cm³/mol. The standard InChI is InChI=1S/C21H27N7O4/c1-21(2,3)10-27-14-8-13(16-12(9-22-24-16)18(30)26(4)5)25-28(14)20(32)15(19(27)31)17(29)23-11-6-7-11/h8-9,11,32H,6-7,10H2,1-5H3,(H,22,24)(H,23,29). The number of rotatable bonds is 5. The number of nitrogens with zero attached hydrogens (tertiary/aromatic N) is 5. The van der Waals surface area contributed by atoms with E-state index in [1.54, 1.807) is 20.2 Å². The number of H-pyrrole nitrogens is 1. The maximum atomic E-state index is 13.3. The van der Waals surface area contributed by atoms with E-state index in [-0.39, 0.29) is 29.5 Å². The first kappa shape index (κ1) is 21.6. The molecule has 32 heavy (non-hydrogen) atoms. The van der Waals surface area contributed by atoms with Gasteiger partial charge in [0.15, 0.2) is 5.56 Å². The number of amides is 2. The van der Waals surface area contributed by atoms with E-state index in [1.807, 2.05) is 20.8 Å². The third-order valence-corrected chi connectivity index (χ3v) is 5.15. The Hall–Kier alpha value is -3.63. The molecule has 0 saturated heterocycles. The van der Waals surface area contributed by atoms with E-state index < -0.39 is 17.3 Å². The van der Waals surface area contributed by atoms with Crippen molar-refractivity contribution in [3.63, 3.8) is 0 Å². The van der Waals surface area contributed by atoms with E-state index in [0.29, 0.717) is 22.6 Å². The maximum Gasteiger partial charge on any atom is 0.270 e. The number of hydrogen-bond donors (Lipinski definition) is 3. The lowest BCUT2D eigenvalue weighted by atomic mass is 9.97. The van der Waals surface area contributed by atoms with Crippen LogP contribution in [0.4, 0.5) is 0 Å². The first-order chi connectivity index (χ1) is 15.0. The van der Waals surface area contributed by atoms with Crippen molar-refractivity contribution in [2.45, 2.75) is 46.2 Å². The number of carbonyl (C=O) groups is 2. The Morgan fingerprint density at radius 1 is 1.31 bits per heavy atom. The molecule has 11 heteroatoms. The lowest BCUT2D eigenvalue weighted by Crippen LogP contribution is -2.37. The monoisotopic (exact) mass is 441 g/mol. The molecule has 0 spiro atoms. The molecular formula is C21H27N7O4.